The van der Waals surface area contributed by atoms with E-state index >= 15 is 0 Å². The number of benzene rings is 2. The largest absolute Gasteiger partial charge is 0.484 e. The number of carbonyl (C=O) groups excluding carboxylic acids is 2. The first-order valence-electron chi connectivity index (χ1n) is 8.84. The highest BCUT2D eigenvalue weighted by Crippen LogP contribution is 2.24. The van der Waals surface area contributed by atoms with Gasteiger partial charge >= 0.3 is 6.03 Å². The van der Waals surface area contributed by atoms with Crippen LogP contribution in [-0.2, 0) is 4.79 Å². The summed E-state index contributed by atoms with van der Waals surface area (Å²) in [4.78, 5) is 24.8. The summed E-state index contributed by atoms with van der Waals surface area (Å²) < 4.78 is 5.55. The lowest BCUT2D eigenvalue weighted by Gasteiger charge is -2.24. The molecule has 0 bridgehead atoms. The average Bonchev–Trinajstić information content (AvgIpc) is 2.69. The van der Waals surface area contributed by atoms with Crippen LogP contribution < -0.4 is 15.8 Å². The van der Waals surface area contributed by atoms with Crippen LogP contribution in [0.15, 0.2) is 54.6 Å². The van der Waals surface area contributed by atoms with Gasteiger partial charge in [-0.05, 0) is 48.7 Å². The number of amides is 3. The Kier molecular flexibility index (Phi) is 5.76. The molecule has 2 aromatic rings. The number of nitrogens with zero attached hydrogens (tertiary/aromatic N) is 1. The number of anilines is 1. The van der Waals surface area contributed by atoms with E-state index in [0.29, 0.717) is 18.8 Å². The molecule has 140 valence electrons. The van der Waals surface area contributed by atoms with E-state index < -0.39 is 6.03 Å². The number of urea groups is 1. The van der Waals surface area contributed by atoms with Crippen LogP contribution >= 0.6 is 0 Å². The number of primary amides is 1. The maximum Gasteiger partial charge on any atom is 0.315 e. The molecule has 6 nitrogen and oxygen atoms in total. The normalized spacial score (nSPS) is 13.7. The third kappa shape index (κ3) is 5.10. The molecule has 0 fully saturated rings. The maximum absolute atomic E-state index is 12.0. The van der Waals surface area contributed by atoms with Gasteiger partial charge in [-0.1, -0.05) is 35.9 Å². The third-order valence-electron chi connectivity index (χ3n) is 4.45. The first-order valence-corrected chi connectivity index (χ1v) is 8.84. The average molecular weight is 365 g/mol. The Labute approximate surface area is 158 Å². The monoisotopic (exact) mass is 365 g/mol. The molecule has 3 amide bonds. The van der Waals surface area contributed by atoms with E-state index in [4.69, 9.17) is 10.5 Å². The summed E-state index contributed by atoms with van der Waals surface area (Å²) in [6, 6.07) is 14.8. The van der Waals surface area contributed by atoms with Gasteiger partial charge in [-0.15, -0.1) is 0 Å². The Bertz CT molecular complexity index is 842. The van der Waals surface area contributed by atoms with Crippen LogP contribution in [0.25, 0.3) is 5.57 Å². The quantitative estimate of drug-likeness (QED) is 0.853. The van der Waals surface area contributed by atoms with E-state index in [0.717, 1.165) is 23.2 Å². The lowest BCUT2D eigenvalue weighted by atomic mass is 9.99. The second-order valence-corrected chi connectivity index (χ2v) is 6.49. The van der Waals surface area contributed by atoms with Crippen LogP contribution in [0.3, 0.4) is 0 Å². The van der Waals surface area contributed by atoms with Crippen molar-refractivity contribution in [2.75, 3.05) is 25.0 Å². The number of rotatable bonds is 5. The topological polar surface area (TPSA) is 84.7 Å². The Morgan fingerprint density at radius 2 is 1.81 bits per heavy atom. The van der Waals surface area contributed by atoms with Crippen molar-refractivity contribution in [2.24, 2.45) is 5.73 Å². The number of hydrogen-bond acceptors (Lipinski definition) is 3. The highest BCUT2D eigenvalue weighted by Gasteiger charge is 2.15. The molecule has 1 aliphatic heterocycles. The van der Waals surface area contributed by atoms with Crippen molar-refractivity contribution in [3.8, 4) is 5.75 Å². The predicted octanol–water partition coefficient (Wildman–Crippen LogP) is 3.18. The molecule has 27 heavy (non-hydrogen) atoms. The SMILES string of the molecule is Cc1ccc(NC(=O)COc2ccc(C3=CCN(C(N)=O)CC3)cc2)cc1. The molecule has 0 saturated heterocycles. The zero-order valence-corrected chi connectivity index (χ0v) is 15.3. The summed E-state index contributed by atoms with van der Waals surface area (Å²) >= 11 is 0. The molecular weight excluding hydrogens is 342 g/mol. The summed E-state index contributed by atoms with van der Waals surface area (Å²) in [5.74, 6) is 0.428. The van der Waals surface area contributed by atoms with Gasteiger partial charge in [0.05, 0.1) is 0 Å². The highest BCUT2D eigenvalue weighted by molar-refractivity contribution is 5.91. The first kappa shape index (κ1) is 18.5. The molecule has 0 atom stereocenters. The molecule has 1 aliphatic rings. The number of ether oxygens (including phenoxy) is 1. The van der Waals surface area contributed by atoms with Gasteiger partial charge in [-0.25, -0.2) is 4.79 Å². The molecule has 0 spiro atoms. The van der Waals surface area contributed by atoms with E-state index in [9.17, 15) is 9.59 Å². The van der Waals surface area contributed by atoms with Gasteiger partial charge in [0.25, 0.3) is 5.91 Å². The molecule has 3 rings (SSSR count). The molecule has 2 aromatic carbocycles. The van der Waals surface area contributed by atoms with Crippen molar-refractivity contribution < 1.29 is 14.3 Å². The molecule has 1 heterocycles. The second-order valence-electron chi connectivity index (χ2n) is 6.49. The Balaban J connectivity index is 1.51. The van der Waals surface area contributed by atoms with E-state index in [1.165, 1.54) is 5.57 Å². The fourth-order valence-corrected chi connectivity index (χ4v) is 2.88. The van der Waals surface area contributed by atoms with Crippen molar-refractivity contribution in [1.82, 2.24) is 4.90 Å². The summed E-state index contributed by atoms with van der Waals surface area (Å²) in [7, 11) is 0. The molecule has 0 saturated carbocycles. The van der Waals surface area contributed by atoms with Gasteiger partial charge < -0.3 is 20.7 Å². The molecular formula is C21H23N3O3. The van der Waals surface area contributed by atoms with Gasteiger partial charge in [0.1, 0.15) is 5.75 Å². The van der Waals surface area contributed by atoms with Crippen LogP contribution in [0.4, 0.5) is 10.5 Å². The summed E-state index contributed by atoms with van der Waals surface area (Å²) in [6.45, 7) is 3.10. The highest BCUT2D eigenvalue weighted by atomic mass is 16.5. The molecule has 0 aliphatic carbocycles. The van der Waals surface area contributed by atoms with Crippen molar-refractivity contribution >= 4 is 23.2 Å². The number of nitrogens with two attached hydrogens (primary N) is 1. The molecule has 0 radical (unpaired) electrons. The smallest absolute Gasteiger partial charge is 0.315 e. The minimum Gasteiger partial charge on any atom is -0.484 e. The third-order valence-corrected chi connectivity index (χ3v) is 4.45. The Morgan fingerprint density at radius 3 is 2.41 bits per heavy atom. The van der Waals surface area contributed by atoms with Gasteiger partial charge in [0.15, 0.2) is 6.61 Å². The van der Waals surface area contributed by atoms with Gasteiger partial charge in [-0.2, -0.15) is 0 Å². The number of hydrogen-bond donors (Lipinski definition) is 2. The predicted molar refractivity (Wildman–Crippen MR) is 105 cm³/mol. The first-order chi connectivity index (χ1) is 13.0. The maximum atomic E-state index is 12.0. The van der Waals surface area contributed by atoms with Crippen LogP contribution in [0, 0.1) is 6.92 Å². The number of aryl methyl sites for hydroxylation is 1. The van der Waals surface area contributed by atoms with Crippen LogP contribution in [0.2, 0.25) is 0 Å². The number of nitrogens with one attached hydrogen (secondary N) is 1. The van der Waals surface area contributed by atoms with Crippen molar-refractivity contribution in [1.29, 1.82) is 0 Å². The van der Waals surface area contributed by atoms with Crippen molar-refractivity contribution in [3.05, 3.63) is 65.7 Å². The Hall–Kier alpha value is -3.28. The summed E-state index contributed by atoms with van der Waals surface area (Å²) in [5, 5.41) is 2.80. The van der Waals surface area contributed by atoms with Gasteiger partial charge in [0.2, 0.25) is 0 Å². The fraction of sp³-hybridized carbons (Fsp3) is 0.238. The minimum atomic E-state index is -0.391. The fourth-order valence-electron chi connectivity index (χ4n) is 2.88. The lowest BCUT2D eigenvalue weighted by Crippen LogP contribution is -2.38. The van der Waals surface area contributed by atoms with Crippen LogP contribution in [-0.4, -0.2) is 36.5 Å². The zero-order valence-electron chi connectivity index (χ0n) is 15.3. The van der Waals surface area contributed by atoms with Crippen LogP contribution in [0.1, 0.15) is 17.5 Å². The Morgan fingerprint density at radius 1 is 1.11 bits per heavy atom. The number of carbonyl (C=O) groups is 2. The summed E-state index contributed by atoms with van der Waals surface area (Å²) in [6.07, 6.45) is 2.78. The lowest BCUT2D eigenvalue weighted by molar-refractivity contribution is -0.118. The van der Waals surface area contributed by atoms with E-state index in [2.05, 4.69) is 5.32 Å². The van der Waals surface area contributed by atoms with Crippen molar-refractivity contribution in [3.63, 3.8) is 0 Å². The molecule has 6 heteroatoms. The van der Waals surface area contributed by atoms with Crippen LogP contribution in [0.5, 0.6) is 5.75 Å². The second kappa shape index (κ2) is 8.40. The zero-order chi connectivity index (χ0) is 19.2. The molecule has 0 aromatic heterocycles. The molecule has 0 unspecified atom stereocenters. The van der Waals surface area contributed by atoms with E-state index in [1.807, 2.05) is 61.5 Å². The van der Waals surface area contributed by atoms with E-state index in [-0.39, 0.29) is 12.5 Å². The van der Waals surface area contributed by atoms with Gasteiger partial charge in [-0.3, -0.25) is 4.79 Å². The van der Waals surface area contributed by atoms with E-state index in [1.54, 1.807) is 4.90 Å². The molecule has 3 N–H and O–H groups in total. The standard InChI is InChI=1S/C21H23N3O3/c1-15-2-6-18(7-3-15)23-20(25)14-27-19-8-4-16(5-9-19)17-10-12-24(13-11-17)21(22)26/h2-10H,11-14H2,1H3,(H2,22,26)(H,23,25). The van der Waals surface area contributed by atoms with Crippen molar-refractivity contribution in [2.45, 2.75) is 13.3 Å². The van der Waals surface area contributed by atoms with Gasteiger partial charge in [0, 0.05) is 18.8 Å². The summed E-state index contributed by atoms with van der Waals surface area (Å²) in [5.41, 5.74) is 9.44. The minimum absolute atomic E-state index is 0.0521.